The highest BCUT2D eigenvalue weighted by Crippen LogP contribution is 2.33. The lowest BCUT2D eigenvalue weighted by molar-refractivity contribution is 0.126. The van der Waals surface area contributed by atoms with Gasteiger partial charge in [0.25, 0.3) is 0 Å². The van der Waals surface area contributed by atoms with Crippen molar-refractivity contribution >= 4 is 16.5 Å². The second kappa shape index (κ2) is 4.41. The largest absolute Gasteiger partial charge is 0.471 e. The van der Waals surface area contributed by atoms with Gasteiger partial charge in [-0.25, -0.2) is 4.98 Å². The normalized spacial score (nSPS) is 15.5. The van der Waals surface area contributed by atoms with E-state index >= 15 is 0 Å². The van der Waals surface area contributed by atoms with Crippen LogP contribution in [-0.2, 0) is 0 Å². The van der Waals surface area contributed by atoms with Crippen LogP contribution in [0.1, 0.15) is 33.6 Å². The summed E-state index contributed by atoms with van der Waals surface area (Å²) in [6.07, 6.45) is 4.36. The molecule has 0 atom stereocenters. The first-order valence-corrected chi connectivity index (χ1v) is 6.86. The van der Waals surface area contributed by atoms with Crippen molar-refractivity contribution in [2.24, 2.45) is 0 Å². The number of hydrogen-bond donors (Lipinski definition) is 1. The highest BCUT2D eigenvalue weighted by Gasteiger charge is 2.22. The third kappa shape index (κ3) is 2.80. The van der Waals surface area contributed by atoms with Crippen molar-refractivity contribution < 1.29 is 4.74 Å². The standard InChI is InChI=1S/C16H20N2O/c1-16(2,3)19-15-13-5-4-6-14(18-11-7-8-11)12(13)9-10-17-15/h4-6,9-11,18H,7-8H2,1-3H3. The van der Waals surface area contributed by atoms with Gasteiger partial charge in [0.05, 0.1) is 0 Å². The second-order valence-electron chi connectivity index (χ2n) is 6.15. The van der Waals surface area contributed by atoms with Crippen molar-refractivity contribution in [1.82, 2.24) is 4.98 Å². The Morgan fingerprint density at radius 3 is 2.63 bits per heavy atom. The third-order valence-electron chi connectivity index (χ3n) is 3.11. The minimum Gasteiger partial charge on any atom is -0.471 e. The maximum atomic E-state index is 5.95. The molecule has 1 aliphatic carbocycles. The molecule has 1 aliphatic rings. The molecule has 1 fully saturated rings. The molecule has 100 valence electrons. The predicted molar refractivity (Wildman–Crippen MR) is 78.8 cm³/mol. The SMILES string of the molecule is CC(C)(C)Oc1nccc2c(NC3CC3)cccc12. The van der Waals surface area contributed by atoms with E-state index in [0.29, 0.717) is 11.9 Å². The predicted octanol–water partition coefficient (Wildman–Crippen LogP) is 3.99. The summed E-state index contributed by atoms with van der Waals surface area (Å²) in [4.78, 5) is 4.38. The summed E-state index contributed by atoms with van der Waals surface area (Å²) in [5.74, 6) is 0.712. The fourth-order valence-corrected chi connectivity index (χ4v) is 2.13. The monoisotopic (exact) mass is 256 g/mol. The first-order valence-electron chi connectivity index (χ1n) is 6.86. The lowest BCUT2D eigenvalue weighted by Gasteiger charge is -2.21. The number of pyridine rings is 1. The molecule has 1 heterocycles. The fraction of sp³-hybridized carbons (Fsp3) is 0.438. The Bertz CT molecular complexity index is 597. The van der Waals surface area contributed by atoms with Gasteiger partial charge in [0.2, 0.25) is 5.88 Å². The molecule has 3 heteroatoms. The van der Waals surface area contributed by atoms with Gasteiger partial charge in [-0.1, -0.05) is 6.07 Å². The first kappa shape index (κ1) is 12.3. The fourth-order valence-electron chi connectivity index (χ4n) is 2.13. The highest BCUT2D eigenvalue weighted by atomic mass is 16.5. The minimum atomic E-state index is -0.235. The summed E-state index contributed by atoms with van der Waals surface area (Å²) in [6.45, 7) is 6.12. The Hall–Kier alpha value is -1.77. The molecule has 0 unspecified atom stereocenters. The molecule has 1 aromatic heterocycles. The molecule has 1 N–H and O–H groups in total. The van der Waals surface area contributed by atoms with Crippen LogP contribution in [0.3, 0.4) is 0 Å². The summed E-state index contributed by atoms with van der Waals surface area (Å²) >= 11 is 0. The molecular weight excluding hydrogens is 236 g/mol. The molecule has 1 saturated carbocycles. The zero-order valence-electron chi connectivity index (χ0n) is 11.7. The van der Waals surface area contributed by atoms with Gasteiger partial charge >= 0.3 is 0 Å². The van der Waals surface area contributed by atoms with Crippen LogP contribution in [0.2, 0.25) is 0 Å². The molecular formula is C16H20N2O. The number of rotatable bonds is 3. The summed E-state index contributed by atoms with van der Waals surface area (Å²) in [5, 5.41) is 5.82. The van der Waals surface area contributed by atoms with Crippen LogP contribution in [0, 0.1) is 0 Å². The lowest BCUT2D eigenvalue weighted by Crippen LogP contribution is -2.23. The lowest BCUT2D eigenvalue weighted by atomic mass is 10.1. The van der Waals surface area contributed by atoms with E-state index in [1.165, 1.54) is 23.9 Å². The van der Waals surface area contributed by atoms with Crippen LogP contribution >= 0.6 is 0 Å². The van der Waals surface area contributed by atoms with Crippen LogP contribution in [0.5, 0.6) is 5.88 Å². The van der Waals surface area contributed by atoms with Crippen molar-refractivity contribution in [1.29, 1.82) is 0 Å². The molecule has 0 saturated heterocycles. The van der Waals surface area contributed by atoms with Gasteiger partial charge in [-0.15, -0.1) is 0 Å². The molecule has 2 aromatic rings. The van der Waals surface area contributed by atoms with E-state index < -0.39 is 0 Å². The number of benzene rings is 1. The smallest absolute Gasteiger partial charge is 0.221 e. The molecule has 0 aliphatic heterocycles. The number of ether oxygens (including phenoxy) is 1. The minimum absolute atomic E-state index is 0.235. The summed E-state index contributed by atoms with van der Waals surface area (Å²) in [7, 11) is 0. The molecule has 0 amide bonds. The molecule has 1 aromatic carbocycles. The number of fused-ring (bicyclic) bond motifs is 1. The first-order chi connectivity index (χ1) is 9.03. The number of anilines is 1. The topological polar surface area (TPSA) is 34.1 Å². The van der Waals surface area contributed by atoms with E-state index in [4.69, 9.17) is 4.74 Å². The Labute approximate surface area is 114 Å². The summed E-state index contributed by atoms with van der Waals surface area (Å²) < 4.78 is 5.95. The van der Waals surface area contributed by atoms with Crippen molar-refractivity contribution in [3.05, 3.63) is 30.5 Å². The van der Waals surface area contributed by atoms with E-state index in [0.717, 1.165) is 5.39 Å². The molecule has 0 bridgehead atoms. The Morgan fingerprint density at radius 2 is 1.95 bits per heavy atom. The van der Waals surface area contributed by atoms with E-state index in [2.05, 4.69) is 34.6 Å². The van der Waals surface area contributed by atoms with Crippen LogP contribution in [-0.4, -0.2) is 16.6 Å². The van der Waals surface area contributed by atoms with Crippen LogP contribution in [0.25, 0.3) is 10.8 Å². The molecule has 0 spiro atoms. The quantitative estimate of drug-likeness (QED) is 0.901. The van der Waals surface area contributed by atoms with E-state index in [9.17, 15) is 0 Å². The number of nitrogens with one attached hydrogen (secondary N) is 1. The van der Waals surface area contributed by atoms with Crippen molar-refractivity contribution in [3.63, 3.8) is 0 Å². The van der Waals surface area contributed by atoms with Gasteiger partial charge in [-0.05, 0) is 51.8 Å². The average molecular weight is 256 g/mol. The van der Waals surface area contributed by atoms with Gasteiger partial charge in [0.15, 0.2) is 0 Å². The van der Waals surface area contributed by atoms with Gasteiger partial charge < -0.3 is 10.1 Å². The molecule has 3 rings (SSSR count). The number of hydrogen-bond acceptors (Lipinski definition) is 3. The Morgan fingerprint density at radius 1 is 1.16 bits per heavy atom. The van der Waals surface area contributed by atoms with Crippen LogP contribution in [0.15, 0.2) is 30.5 Å². The second-order valence-corrected chi connectivity index (χ2v) is 6.15. The molecule has 0 radical (unpaired) electrons. The molecule has 3 nitrogen and oxygen atoms in total. The van der Waals surface area contributed by atoms with Crippen LogP contribution < -0.4 is 10.1 Å². The highest BCUT2D eigenvalue weighted by molar-refractivity contribution is 5.96. The molecule has 19 heavy (non-hydrogen) atoms. The van der Waals surface area contributed by atoms with Crippen molar-refractivity contribution in [3.8, 4) is 5.88 Å². The Kier molecular flexibility index (Phi) is 2.85. The van der Waals surface area contributed by atoms with Crippen LogP contribution in [0.4, 0.5) is 5.69 Å². The van der Waals surface area contributed by atoms with Crippen molar-refractivity contribution in [2.75, 3.05) is 5.32 Å². The van der Waals surface area contributed by atoms with Gasteiger partial charge in [0, 0.05) is 28.7 Å². The number of nitrogens with zero attached hydrogens (tertiary/aromatic N) is 1. The third-order valence-corrected chi connectivity index (χ3v) is 3.11. The van der Waals surface area contributed by atoms with E-state index in [1.54, 1.807) is 0 Å². The maximum absolute atomic E-state index is 5.95. The number of aromatic nitrogens is 1. The maximum Gasteiger partial charge on any atom is 0.221 e. The van der Waals surface area contributed by atoms with Gasteiger partial charge in [0.1, 0.15) is 5.60 Å². The van der Waals surface area contributed by atoms with Crippen molar-refractivity contribution in [2.45, 2.75) is 45.3 Å². The Balaban J connectivity index is 2.04. The zero-order chi connectivity index (χ0) is 13.5. The van der Waals surface area contributed by atoms with Gasteiger partial charge in [-0.2, -0.15) is 0 Å². The van der Waals surface area contributed by atoms with E-state index in [-0.39, 0.29) is 5.60 Å². The average Bonchev–Trinajstić information content (AvgIpc) is 3.12. The summed E-state index contributed by atoms with van der Waals surface area (Å²) in [5.41, 5.74) is 0.947. The van der Waals surface area contributed by atoms with Gasteiger partial charge in [-0.3, -0.25) is 0 Å². The van der Waals surface area contributed by atoms with E-state index in [1.807, 2.05) is 27.0 Å². The zero-order valence-corrected chi connectivity index (χ0v) is 11.7. The summed E-state index contributed by atoms with van der Waals surface area (Å²) in [6, 6.07) is 8.95.